The fraction of sp³-hybridized carbons (Fsp3) is 0.533. The molecule has 1 aliphatic carbocycles. The summed E-state index contributed by atoms with van der Waals surface area (Å²) in [7, 11) is 3.32. The van der Waals surface area contributed by atoms with Crippen molar-refractivity contribution in [2.75, 3.05) is 19.5 Å². The molecule has 4 heteroatoms. The number of methoxy groups -OCH3 is 2. The van der Waals surface area contributed by atoms with Crippen LogP contribution in [0.2, 0.25) is 0 Å². The number of nitriles is 1. The van der Waals surface area contributed by atoms with E-state index >= 15 is 0 Å². The number of benzene rings is 1. The van der Waals surface area contributed by atoms with Crippen LogP contribution in [0.4, 0.5) is 5.69 Å². The normalized spacial score (nSPS) is 22.4. The van der Waals surface area contributed by atoms with Crippen molar-refractivity contribution in [3.63, 3.8) is 0 Å². The van der Waals surface area contributed by atoms with Gasteiger partial charge in [0.25, 0.3) is 0 Å². The van der Waals surface area contributed by atoms with Gasteiger partial charge in [0, 0.05) is 18.0 Å². The molecule has 1 fully saturated rings. The van der Waals surface area contributed by atoms with Crippen LogP contribution in [0.1, 0.15) is 25.7 Å². The molecule has 102 valence electrons. The Hall–Kier alpha value is -1.89. The first-order valence-electron chi connectivity index (χ1n) is 6.65. The SMILES string of the molecule is COc1ccc(OC)c(NC2CCC(C#N)CC2)c1. The zero-order valence-electron chi connectivity index (χ0n) is 11.5. The summed E-state index contributed by atoms with van der Waals surface area (Å²) in [4.78, 5) is 0. The second kappa shape index (κ2) is 6.33. The number of ether oxygens (including phenoxy) is 2. The van der Waals surface area contributed by atoms with Crippen LogP contribution in [0.15, 0.2) is 18.2 Å². The lowest BCUT2D eigenvalue weighted by Crippen LogP contribution is -2.25. The Labute approximate surface area is 114 Å². The Kier molecular flexibility index (Phi) is 4.51. The maximum atomic E-state index is 8.91. The van der Waals surface area contributed by atoms with Crippen LogP contribution in [-0.2, 0) is 0 Å². The molecule has 0 atom stereocenters. The molecule has 0 aliphatic heterocycles. The van der Waals surface area contributed by atoms with E-state index in [-0.39, 0.29) is 5.92 Å². The summed E-state index contributed by atoms with van der Waals surface area (Å²) in [6.07, 6.45) is 4.00. The summed E-state index contributed by atoms with van der Waals surface area (Å²) in [6, 6.07) is 8.51. The molecule has 0 unspecified atom stereocenters. The molecule has 1 N–H and O–H groups in total. The van der Waals surface area contributed by atoms with E-state index in [0.29, 0.717) is 6.04 Å². The maximum Gasteiger partial charge on any atom is 0.142 e. The monoisotopic (exact) mass is 260 g/mol. The Morgan fingerprint density at radius 2 is 1.89 bits per heavy atom. The lowest BCUT2D eigenvalue weighted by Gasteiger charge is -2.27. The molecule has 0 radical (unpaired) electrons. The van der Waals surface area contributed by atoms with Crippen LogP contribution in [0.25, 0.3) is 0 Å². The summed E-state index contributed by atoms with van der Waals surface area (Å²) >= 11 is 0. The van der Waals surface area contributed by atoms with Crippen molar-refractivity contribution in [3.8, 4) is 17.6 Å². The third kappa shape index (κ3) is 3.31. The van der Waals surface area contributed by atoms with Gasteiger partial charge in [-0.3, -0.25) is 0 Å². The fourth-order valence-electron chi connectivity index (χ4n) is 2.51. The molecule has 0 saturated heterocycles. The Morgan fingerprint density at radius 1 is 1.16 bits per heavy atom. The molecule has 1 aliphatic rings. The van der Waals surface area contributed by atoms with Gasteiger partial charge in [0.15, 0.2) is 0 Å². The maximum absolute atomic E-state index is 8.91. The molecule has 0 amide bonds. The van der Waals surface area contributed by atoms with Crippen LogP contribution in [0, 0.1) is 17.2 Å². The Bertz CT molecular complexity index is 460. The van der Waals surface area contributed by atoms with Crippen LogP contribution in [0.3, 0.4) is 0 Å². The Balaban J connectivity index is 2.04. The van der Waals surface area contributed by atoms with Crippen molar-refractivity contribution < 1.29 is 9.47 Å². The predicted octanol–water partition coefficient (Wildman–Crippen LogP) is 3.20. The van der Waals surface area contributed by atoms with E-state index in [2.05, 4.69) is 11.4 Å². The van der Waals surface area contributed by atoms with E-state index in [1.54, 1.807) is 14.2 Å². The van der Waals surface area contributed by atoms with Gasteiger partial charge in [0.05, 0.1) is 26.0 Å². The molecule has 0 bridgehead atoms. The van der Waals surface area contributed by atoms with E-state index in [0.717, 1.165) is 42.9 Å². The standard InChI is InChI=1S/C15H20N2O2/c1-18-13-7-8-15(19-2)14(9-13)17-12-5-3-11(10-16)4-6-12/h7-9,11-12,17H,3-6H2,1-2H3. The highest BCUT2D eigenvalue weighted by Crippen LogP contribution is 2.32. The van der Waals surface area contributed by atoms with Gasteiger partial charge in [-0.2, -0.15) is 5.26 Å². The van der Waals surface area contributed by atoms with Crippen molar-refractivity contribution >= 4 is 5.69 Å². The molecule has 1 aromatic carbocycles. The molecule has 0 spiro atoms. The minimum Gasteiger partial charge on any atom is -0.497 e. The number of hydrogen-bond donors (Lipinski definition) is 1. The summed E-state index contributed by atoms with van der Waals surface area (Å²) in [5.74, 6) is 1.86. The third-order valence-electron chi connectivity index (χ3n) is 3.68. The van der Waals surface area contributed by atoms with Gasteiger partial charge in [-0.05, 0) is 37.8 Å². The summed E-state index contributed by atoms with van der Waals surface area (Å²) in [5, 5.41) is 12.4. The van der Waals surface area contributed by atoms with E-state index in [4.69, 9.17) is 14.7 Å². The fourth-order valence-corrected chi connectivity index (χ4v) is 2.51. The van der Waals surface area contributed by atoms with Crippen LogP contribution in [0.5, 0.6) is 11.5 Å². The highest BCUT2D eigenvalue weighted by Gasteiger charge is 2.21. The molecule has 0 aromatic heterocycles. The first-order valence-corrected chi connectivity index (χ1v) is 6.65. The summed E-state index contributed by atoms with van der Waals surface area (Å²) < 4.78 is 10.6. The van der Waals surface area contributed by atoms with E-state index in [1.807, 2.05) is 18.2 Å². The zero-order chi connectivity index (χ0) is 13.7. The van der Waals surface area contributed by atoms with E-state index < -0.39 is 0 Å². The van der Waals surface area contributed by atoms with Gasteiger partial charge in [0.1, 0.15) is 11.5 Å². The smallest absolute Gasteiger partial charge is 0.142 e. The lowest BCUT2D eigenvalue weighted by molar-refractivity contribution is 0.389. The molecular formula is C15H20N2O2. The largest absolute Gasteiger partial charge is 0.497 e. The number of anilines is 1. The number of nitrogens with one attached hydrogen (secondary N) is 1. The minimum absolute atomic E-state index is 0.227. The molecule has 1 saturated carbocycles. The molecule has 0 heterocycles. The average molecular weight is 260 g/mol. The second-order valence-corrected chi connectivity index (χ2v) is 4.89. The number of rotatable bonds is 4. The van der Waals surface area contributed by atoms with Crippen molar-refractivity contribution in [1.29, 1.82) is 5.26 Å². The number of nitrogens with zero attached hydrogens (tertiary/aromatic N) is 1. The third-order valence-corrected chi connectivity index (χ3v) is 3.68. The summed E-state index contributed by atoms with van der Waals surface area (Å²) in [5.41, 5.74) is 0.960. The molecule has 19 heavy (non-hydrogen) atoms. The highest BCUT2D eigenvalue weighted by molar-refractivity contribution is 5.60. The molecule has 4 nitrogen and oxygen atoms in total. The van der Waals surface area contributed by atoms with Crippen molar-refractivity contribution in [2.24, 2.45) is 5.92 Å². The average Bonchev–Trinajstić information content (AvgIpc) is 2.48. The van der Waals surface area contributed by atoms with Gasteiger partial charge < -0.3 is 14.8 Å². The highest BCUT2D eigenvalue weighted by atomic mass is 16.5. The first-order chi connectivity index (χ1) is 9.26. The molecule has 2 rings (SSSR count). The van der Waals surface area contributed by atoms with Crippen LogP contribution < -0.4 is 14.8 Å². The zero-order valence-corrected chi connectivity index (χ0v) is 11.5. The Morgan fingerprint density at radius 3 is 2.47 bits per heavy atom. The predicted molar refractivity (Wildman–Crippen MR) is 74.5 cm³/mol. The van der Waals surface area contributed by atoms with Gasteiger partial charge in [-0.15, -0.1) is 0 Å². The van der Waals surface area contributed by atoms with Crippen LogP contribution >= 0.6 is 0 Å². The topological polar surface area (TPSA) is 54.3 Å². The quantitative estimate of drug-likeness (QED) is 0.903. The van der Waals surface area contributed by atoms with E-state index in [1.165, 1.54) is 0 Å². The van der Waals surface area contributed by atoms with Gasteiger partial charge >= 0.3 is 0 Å². The van der Waals surface area contributed by atoms with E-state index in [9.17, 15) is 0 Å². The van der Waals surface area contributed by atoms with Crippen molar-refractivity contribution in [2.45, 2.75) is 31.7 Å². The lowest BCUT2D eigenvalue weighted by atomic mass is 9.87. The van der Waals surface area contributed by atoms with Gasteiger partial charge in [0.2, 0.25) is 0 Å². The minimum atomic E-state index is 0.227. The van der Waals surface area contributed by atoms with Crippen molar-refractivity contribution in [3.05, 3.63) is 18.2 Å². The summed E-state index contributed by atoms with van der Waals surface area (Å²) in [6.45, 7) is 0. The van der Waals surface area contributed by atoms with Crippen LogP contribution in [-0.4, -0.2) is 20.3 Å². The van der Waals surface area contributed by atoms with Gasteiger partial charge in [-0.1, -0.05) is 0 Å². The second-order valence-electron chi connectivity index (χ2n) is 4.89. The van der Waals surface area contributed by atoms with Crippen molar-refractivity contribution in [1.82, 2.24) is 0 Å². The molecule has 1 aromatic rings. The number of hydrogen-bond acceptors (Lipinski definition) is 4. The van der Waals surface area contributed by atoms with Gasteiger partial charge in [-0.25, -0.2) is 0 Å². The first kappa shape index (κ1) is 13.5. The molecular weight excluding hydrogens is 240 g/mol.